The summed E-state index contributed by atoms with van der Waals surface area (Å²) in [5.41, 5.74) is 3.50. The van der Waals surface area contributed by atoms with E-state index in [0.29, 0.717) is 6.42 Å². The molecule has 4 rings (SSSR count). The van der Waals surface area contributed by atoms with Gasteiger partial charge in [0.2, 0.25) is 11.9 Å². The third kappa shape index (κ3) is 4.34. The standard InChI is InChI=1S/C23H30N4O/c1-23(2)14-19(25-21(28)11-10-17-8-4-3-5-9-17)18-16-24-22(26-20(18)15-23)27-12-6-7-13-27/h3-5,8-9,16,19H,6-7,10-15H2,1-2H3,(H,25,28)/t19-/m0/s1. The molecule has 1 amide bonds. The number of aromatic nitrogens is 2. The van der Waals surface area contributed by atoms with E-state index >= 15 is 0 Å². The van der Waals surface area contributed by atoms with Crippen molar-refractivity contribution >= 4 is 11.9 Å². The molecule has 148 valence electrons. The summed E-state index contributed by atoms with van der Waals surface area (Å²) < 4.78 is 0. The number of aryl methyl sites for hydroxylation is 1. The van der Waals surface area contributed by atoms with Gasteiger partial charge in [-0.05, 0) is 43.1 Å². The minimum atomic E-state index is -0.00495. The Morgan fingerprint density at radius 3 is 2.71 bits per heavy atom. The molecule has 0 spiro atoms. The summed E-state index contributed by atoms with van der Waals surface area (Å²) in [6, 6.07) is 10.2. The maximum absolute atomic E-state index is 12.6. The van der Waals surface area contributed by atoms with Gasteiger partial charge in [-0.3, -0.25) is 4.79 Å². The summed E-state index contributed by atoms with van der Waals surface area (Å²) in [6.45, 7) is 6.61. The van der Waals surface area contributed by atoms with Crippen LogP contribution in [0, 0.1) is 5.41 Å². The number of amides is 1. The van der Waals surface area contributed by atoms with Crippen LogP contribution in [0.1, 0.15) is 62.4 Å². The van der Waals surface area contributed by atoms with E-state index in [4.69, 9.17) is 4.98 Å². The summed E-state index contributed by atoms with van der Waals surface area (Å²) in [6.07, 6.45) is 7.50. The van der Waals surface area contributed by atoms with Gasteiger partial charge in [-0.15, -0.1) is 0 Å². The molecular weight excluding hydrogens is 348 g/mol. The van der Waals surface area contributed by atoms with E-state index in [2.05, 4.69) is 41.2 Å². The van der Waals surface area contributed by atoms with Crippen LogP contribution in [0.3, 0.4) is 0 Å². The summed E-state index contributed by atoms with van der Waals surface area (Å²) in [5, 5.41) is 3.26. The van der Waals surface area contributed by atoms with E-state index < -0.39 is 0 Å². The highest BCUT2D eigenvalue weighted by atomic mass is 16.1. The summed E-state index contributed by atoms with van der Waals surface area (Å²) in [5.74, 6) is 0.948. The summed E-state index contributed by atoms with van der Waals surface area (Å²) in [4.78, 5) is 24.4. The van der Waals surface area contributed by atoms with Crippen molar-refractivity contribution in [2.45, 2.75) is 58.4 Å². The van der Waals surface area contributed by atoms with Crippen molar-refractivity contribution in [3.63, 3.8) is 0 Å². The molecule has 0 unspecified atom stereocenters. The van der Waals surface area contributed by atoms with E-state index in [1.165, 1.54) is 18.4 Å². The number of anilines is 1. The monoisotopic (exact) mass is 378 g/mol. The van der Waals surface area contributed by atoms with Crippen LogP contribution in [0.25, 0.3) is 0 Å². The number of carbonyl (C=O) groups excluding carboxylic acids is 1. The van der Waals surface area contributed by atoms with E-state index in [9.17, 15) is 4.79 Å². The van der Waals surface area contributed by atoms with Crippen LogP contribution >= 0.6 is 0 Å². The minimum absolute atomic E-state index is 0.00495. The van der Waals surface area contributed by atoms with Gasteiger partial charge in [0, 0.05) is 31.3 Å². The second kappa shape index (κ2) is 7.90. The van der Waals surface area contributed by atoms with Gasteiger partial charge in [-0.1, -0.05) is 44.2 Å². The molecule has 28 heavy (non-hydrogen) atoms. The van der Waals surface area contributed by atoms with Gasteiger partial charge in [0.15, 0.2) is 0 Å². The molecule has 5 nitrogen and oxygen atoms in total. The first-order valence-electron chi connectivity index (χ1n) is 10.4. The SMILES string of the molecule is CC1(C)Cc2nc(N3CCCC3)ncc2[C@@H](NC(=O)CCc2ccccc2)C1. The maximum atomic E-state index is 12.6. The lowest BCUT2D eigenvalue weighted by molar-refractivity contribution is -0.122. The third-order valence-corrected chi connectivity index (χ3v) is 5.87. The van der Waals surface area contributed by atoms with E-state index in [0.717, 1.165) is 49.6 Å². The van der Waals surface area contributed by atoms with Crippen LogP contribution in [-0.4, -0.2) is 29.0 Å². The molecule has 1 atom stereocenters. The summed E-state index contributed by atoms with van der Waals surface area (Å²) in [7, 11) is 0. The minimum Gasteiger partial charge on any atom is -0.349 e. The van der Waals surface area contributed by atoms with Gasteiger partial charge in [0.1, 0.15) is 0 Å². The Morgan fingerprint density at radius 2 is 1.96 bits per heavy atom. The fourth-order valence-corrected chi connectivity index (χ4v) is 4.40. The molecule has 0 radical (unpaired) electrons. The zero-order valence-electron chi connectivity index (χ0n) is 16.9. The molecular formula is C23H30N4O. The van der Waals surface area contributed by atoms with Gasteiger partial charge in [0.05, 0.1) is 11.7 Å². The predicted octanol–water partition coefficient (Wildman–Crippen LogP) is 3.84. The second-order valence-corrected chi connectivity index (χ2v) is 8.92. The molecule has 0 bridgehead atoms. The molecule has 2 heterocycles. The highest BCUT2D eigenvalue weighted by molar-refractivity contribution is 5.76. The lowest BCUT2D eigenvalue weighted by atomic mass is 9.74. The van der Waals surface area contributed by atoms with Crippen molar-refractivity contribution in [3.8, 4) is 0 Å². The van der Waals surface area contributed by atoms with Crippen molar-refractivity contribution < 1.29 is 4.79 Å². The number of nitrogens with one attached hydrogen (secondary N) is 1. The van der Waals surface area contributed by atoms with Gasteiger partial charge >= 0.3 is 0 Å². The van der Waals surface area contributed by atoms with Crippen LogP contribution in [0.2, 0.25) is 0 Å². The first-order chi connectivity index (χ1) is 13.5. The third-order valence-electron chi connectivity index (χ3n) is 5.87. The van der Waals surface area contributed by atoms with Crippen molar-refractivity contribution in [1.82, 2.24) is 15.3 Å². The van der Waals surface area contributed by atoms with Crippen LogP contribution in [0.5, 0.6) is 0 Å². The zero-order valence-corrected chi connectivity index (χ0v) is 16.9. The van der Waals surface area contributed by atoms with Gasteiger partial charge in [0.25, 0.3) is 0 Å². The number of hydrogen-bond acceptors (Lipinski definition) is 4. The van der Waals surface area contributed by atoms with E-state index in [1.54, 1.807) is 0 Å². The fourth-order valence-electron chi connectivity index (χ4n) is 4.40. The first kappa shape index (κ1) is 18.9. The Balaban J connectivity index is 1.47. The normalized spacial score (nSPS) is 20.6. The van der Waals surface area contributed by atoms with Crippen LogP contribution in [0.4, 0.5) is 5.95 Å². The first-order valence-corrected chi connectivity index (χ1v) is 10.4. The lowest BCUT2D eigenvalue weighted by Crippen LogP contribution is -2.37. The highest BCUT2D eigenvalue weighted by Gasteiger charge is 2.35. The maximum Gasteiger partial charge on any atom is 0.225 e. The van der Waals surface area contributed by atoms with Crippen molar-refractivity contribution in [1.29, 1.82) is 0 Å². The number of fused-ring (bicyclic) bond motifs is 1. The quantitative estimate of drug-likeness (QED) is 0.859. The summed E-state index contributed by atoms with van der Waals surface area (Å²) >= 11 is 0. The number of hydrogen-bond donors (Lipinski definition) is 1. The molecule has 1 N–H and O–H groups in total. The smallest absolute Gasteiger partial charge is 0.225 e. The van der Waals surface area contributed by atoms with E-state index in [1.807, 2.05) is 24.4 Å². The predicted molar refractivity (Wildman–Crippen MR) is 111 cm³/mol. The number of carbonyl (C=O) groups is 1. The van der Waals surface area contributed by atoms with Crippen molar-refractivity contribution in [2.75, 3.05) is 18.0 Å². The average molecular weight is 379 g/mol. The Hall–Kier alpha value is -2.43. The molecule has 5 heteroatoms. The molecule has 1 aliphatic heterocycles. The Bertz CT molecular complexity index is 828. The molecule has 1 aromatic heterocycles. The largest absolute Gasteiger partial charge is 0.349 e. The zero-order chi connectivity index (χ0) is 19.6. The van der Waals surface area contributed by atoms with Crippen LogP contribution in [0.15, 0.2) is 36.5 Å². The van der Waals surface area contributed by atoms with Gasteiger partial charge in [-0.2, -0.15) is 0 Å². The Labute approximate surface area is 167 Å². The van der Waals surface area contributed by atoms with Crippen molar-refractivity contribution in [2.24, 2.45) is 5.41 Å². The topological polar surface area (TPSA) is 58.1 Å². The molecule has 1 aromatic carbocycles. The second-order valence-electron chi connectivity index (χ2n) is 8.92. The molecule has 2 aliphatic rings. The number of nitrogens with zero attached hydrogens (tertiary/aromatic N) is 3. The van der Waals surface area contributed by atoms with Crippen LogP contribution < -0.4 is 10.2 Å². The van der Waals surface area contributed by atoms with Gasteiger partial charge in [-0.25, -0.2) is 9.97 Å². The fraction of sp³-hybridized carbons (Fsp3) is 0.522. The van der Waals surface area contributed by atoms with Gasteiger partial charge < -0.3 is 10.2 Å². The molecule has 1 saturated heterocycles. The molecule has 2 aromatic rings. The average Bonchev–Trinajstić information content (AvgIpc) is 3.21. The van der Waals surface area contributed by atoms with Crippen LogP contribution in [-0.2, 0) is 17.6 Å². The lowest BCUT2D eigenvalue weighted by Gasteiger charge is -2.36. The van der Waals surface area contributed by atoms with E-state index in [-0.39, 0.29) is 17.4 Å². The number of benzene rings is 1. The Morgan fingerprint density at radius 1 is 1.21 bits per heavy atom. The Kier molecular flexibility index (Phi) is 5.33. The highest BCUT2D eigenvalue weighted by Crippen LogP contribution is 2.40. The molecule has 0 saturated carbocycles. The molecule has 1 aliphatic carbocycles. The number of rotatable bonds is 5. The van der Waals surface area contributed by atoms with Crippen molar-refractivity contribution in [3.05, 3.63) is 53.3 Å². The molecule has 1 fully saturated rings.